The van der Waals surface area contributed by atoms with Crippen LogP contribution < -0.4 is 0 Å². The van der Waals surface area contributed by atoms with Gasteiger partial charge in [0.25, 0.3) is 5.91 Å². The van der Waals surface area contributed by atoms with Gasteiger partial charge in [-0.05, 0) is 32.9 Å². The third-order valence-electron chi connectivity index (χ3n) is 4.09. The van der Waals surface area contributed by atoms with Crippen LogP contribution in [-0.2, 0) is 4.79 Å². The second-order valence-electron chi connectivity index (χ2n) is 5.54. The van der Waals surface area contributed by atoms with Crippen LogP contribution in [0.1, 0.15) is 30.2 Å². The number of amides is 2. The largest absolute Gasteiger partial charge is 0.456 e. The Morgan fingerprint density at radius 1 is 1.14 bits per heavy atom. The number of hydrogen-bond donors (Lipinski definition) is 0. The first-order valence-electron chi connectivity index (χ1n) is 7.91. The normalized spacial score (nSPS) is 15.9. The molecule has 0 N–H and O–H groups in total. The first-order valence-corrected chi connectivity index (χ1v) is 7.91. The van der Waals surface area contributed by atoms with Crippen LogP contribution >= 0.6 is 0 Å². The Morgan fingerprint density at radius 3 is 2.27 bits per heavy atom. The molecule has 1 aliphatic heterocycles. The molecule has 6 heteroatoms. The summed E-state index contributed by atoms with van der Waals surface area (Å²) in [6.45, 7) is 10.4. The van der Waals surface area contributed by atoms with E-state index in [9.17, 15) is 9.59 Å². The maximum Gasteiger partial charge on any atom is 0.289 e. The highest BCUT2D eigenvalue weighted by molar-refractivity contribution is 5.91. The molecular weight excluding hydrogens is 282 g/mol. The monoisotopic (exact) mass is 307 g/mol. The molecule has 0 atom stereocenters. The predicted molar refractivity (Wildman–Crippen MR) is 83.7 cm³/mol. The number of piperazine rings is 1. The molecular formula is C16H25N3O3. The summed E-state index contributed by atoms with van der Waals surface area (Å²) in [4.78, 5) is 30.1. The molecule has 1 aromatic heterocycles. The van der Waals surface area contributed by atoms with Gasteiger partial charge in [0.1, 0.15) is 5.76 Å². The van der Waals surface area contributed by atoms with E-state index in [1.54, 1.807) is 17.0 Å². The minimum Gasteiger partial charge on any atom is -0.456 e. The van der Waals surface area contributed by atoms with Crippen molar-refractivity contribution in [3.05, 3.63) is 23.7 Å². The lowest BCUT2D eigenvalue weighted by molar-refractivity contribution is -0.132. The van der Waals surface area contributed by atoms with Crippen LogP contribution in [0.25, 0.3) is 0 Å². The Bertz CT molecular complexity index is 514. The summed E-state index contributed by atoms with van der Waals surface area (Å²) in [7, 11) is 0. The summed E-state index contributed by atoms with van der Waals surface area (Å²) in [6, 6.07) is 3.51. The van der Waals surface area contributed by atoms with Crippen molar-refractivity contribution in [3.8, 4) is 0 Å². The van der Waals surface area contributed by atoms with E-state index in [4.69, 9.17) is 4.42 Å². The summed E-state index contributed by atoms with van der Waals surface area (Å²) in [5.41, 5.74) is 0. The van der Waals surface area contributed by atoms with Crippen molar-refractivity contribution in [2.45, 2.75) is 20.8 Å². The van der Waals surface area contributed by atoms with Gasteiger partial charge >= 0.3 is 0 Å². The number of nitrogens with zero attached hydrogens (tertiary/aromatic N) is 3. The van der Waals surface area contributed by atoms with Crippen LogP contribution in [0.15, 0.2) is 16.5 Å². The number of rotatable bonds is 5. The molecule has 22 heavy (non-hydrogen) atoms. The Labute approximate surface area is 131 Å². The van der Waals surface area contributed by atoms with Crippen LogP contribution in [-0.4, -0.2) is 72.3 Å². The minimum absolute atomic E-state index is 0.0668. The highest BCUT2D eigenvalue weighted by Gasteiger charge is 2.25. The molecule has 0 saturated carbocycles. The van der Waals surface area contributed by atoms with E-state index in [2.05, 4.69) is 4.90 Å². The molecule has 122 valence electrons. The first-order chi connectivity index (χ1) is 10.5. The fourth-order valence-corrected chi connectivity index (χ4v) is 2.68. The minimum atomic E-state index is -0.0668. The first kappa shape index (κ1) is 16.5. The zero-order valence-electron chi connectivity index (χ0n) is 13.7. The van der Waals surface area contributed by atoms with Crippen molar-refractivity contribution in [1.82, 2.24) is 14.7 Å². The molecule has 1 aliphatic rings. The van der Waals surface area contributed by atoms with Crippen molar-refractivity contribution in [2.75, 3.05) is 45.8 Å². The highest BCUT2D eigenvalue weighted by atomic mass is 16.3. The lowest BCUT2D eigenvalue weighted by Crippen LogP contribution is -2.51. The lowest BCUT2D eigenvalue weighted by Gasteiger charge is -2.34. The zero-order chi connectivity index (χ0) is 16.1. The Kier molecular flexibility index (Phi) is 5.60. The number of furan rings is 1. The fourth-order valence-electron chi connectivity index (χ4n) is 2.68. The molecule has 1 saturated heterocycles. The maximum atomic E-state index is 12.3. The van der Waals surface area contributed by atoms with Gasteiger partial charge in [-0.15, -0.1) is 0 Å². The molecule has 0 radical (unpaired) electrons. The number of likely N-dealkylation sites (N-methyl/N-ethyl adjacent to an activating group) is 1. The van der Waals surface area contributed by atoms with Gasteiger partial charge in [0.2, 0.25) is 5.91 Å². The third kappa shape index (κ3) is 3.88. The van der Waals surface area contributed by atoms with Gasteiger partial charge in [-0.1, -0.05) is 0 Å². The van der Waals surface area contributed by atoms with Crippen molar-refractivity contribution in [3.63, 3.8) is 0 Å². The lowest BCUT2D eigenvalue weighted by atomic mass is 10.2. The molecule has 1 fully saturated rings. The molecule has 2 heterocycles. The standard InChI is InChI=1S/C16H25N3O3/c1-4-18(5-2)15(20)12-17-8-10-19(11-9-17)16(21)14-7-6-13(3)22-14/h6-7H,4-5,8-12H2,1-3H3. The van der Waals surface area contributed by atoms with Crippen LogP contribution in [0.4, 0.5) is 0 Å². The SMILES string of the molecule is CCN(CC)C(=O)CN1CCN(C(=O)c2ccc(C)o2)CC1. The van der Waals surface area contributed by atoms with Gasteiger partial charge in [0.05, 0.1) is 6.54 Å². The van der Waals surface area contributed by atoms with Gasteiger partial charge in [-0.2, -0.15) is 0 Å². The van der Waals surface area contributed by atoms with Crippen molar-refractivity contribution < 1.29 is 14.0 Å². The van der Waals surface area contributed by atoms with E-state index >= 15 is 0 Å². The van der Waals surface area contributed by atoms with E-state index < -0.39 is 0 Å². The third-order valence-corrected chi connectivity index (χ3v) is 4.09. The van der Waals surface area contributed by atoms with Crippen LogP contribution in [0, 0.1) is 6.92 Å². The molecule has 0 aliphatic carbocycles. The Balaban J connectivity index is 1.83. The molecule has 2 amide bonds. The van der Waals surface area contributed by atoms with Crippen LogP contribution in [0.3, 0.4) is 0 Å². The average molecular weight is 307 g/mol. The summed E-state index contributed by atoms with van der Waals surface area (Å²) in [5.74, 6) is 1.23. The second-order valence-corrected chi connectivity index (χ2v) is 5.54. The average Bonchev–Trinajstić information content (AvgIpc) is 2.95. The van der Waals surface area contributed by atoms with Crippen molar-refractivity contribution in [2.24, 2.45) is 0 Å². The van der Waals surface area contributed by atoms with E-state index in [0.29, 0.717) is 25.4 Å². The summed E-state index contributed by atoms with van der Waals surface area (Å²) < 4.78 is 5.38. The molecule has 1 aromatic rings. The van der Waals surface area contributed by atoms with E-state index in [1.807, 2.05) is 25.7 Å². The molecule has 0 aromatic carbocycles. The number of carbonyl (C=O) groups excluding carboxylic acids is 2. The Hall–Kier alpha value is -1.82. The number of carbonyl (C=O) groups is 2. The molecule has 0 bridgehead atoms. The molecule has 0 spiro atoms. The van der Waals surface area contributed by atoms with Gasteiger partial charge in [-0.3, -0.25) is 14.5 Å². The molecule has 6 nitrogen and oxygen atoms in total. The maximum absolute atomic E-state index is 12.3. The van der Waals surface area contributed by atoms with Gasteiger partial charge < -0.3 is 14.2 Å². The summed E-state index contributed by atoms with van der Waals surface area (Å²) >= 11 is 0. The van der Waals surface area contributed by atoms with E-state index in [-0.39, 0.29) is 11.8 Å². The van der Waals surface area contributed by atoms with Gasteiger partial charge in [-0.25, -0.2) is 0 Å². The van der Waals surface area contributed by atoms with E-state index in [1.165, 1.54) is 0 Å². The van der Waals surface area contributed by atoms with Crippen molar-refractivity contribution in [1.29, 1.82) is 0 Å². The topological polar surface area (TPSA) is 57.0 Å². The highest BCUT2D eigenvalue weighted by Crippen LogP contribution is 2.12. The zero-order valence-corrected chi connectivity index (χ0v) is 13.7. The second kappa shape index (κ2) is 7.45. The summed E-state index contributed by atoms with van der Waals surface area (Å²) in [5, 5.41) is 0. The fraction of sp³-hybridized carbons (Fsp3) is 0.625. The predicted octanol–water partition coefficient (Wildman–Crippen LogP) is 1.21. The van der Waals surface area contributed by atoms with E-state index in [0.717, 1.165) is 31.9 Å². The smallest absolute Gasteiger partial charge is 0.289 e. The van der Waals surface area contributed by atoms with Crippen LogP contribution in [0.2, 0.25) is 0 Å². The van der Waals surface area contributed by atoms with Gasteiger partial charge in [0.15, 0.2) is 5.76 Å². The number of hydrogen-bond acceptors (Lipinski definition) is 4. The van der Waals surface area contributed by atoms with Gasteiger partial charge in [0, 0.05) is 39.3 Å². The van der Waals surface area contributed by atoms with Crippen LogP contribution in [0.5, 0.6) is 0 Å². The summed E-state index contributed by atoms with van der Waals surface area (Å²) in [6.07, 6.45) is 0. The number of aryl methyl sites for hydroxylation is 1. The quantitative estimate of drug-likeness (QED) is 0.820. The molecule has 2 rings (SSSR count). The molecule has 0 unspecified atom stereocenters. The Morgan fingerprint density at radius 2 is 1.77 bits per heavy atom. The van der Waals surface area contributed by atoms with Crippen molar-refractivity contribution >= 4 is 11.8 Å².